The van der Waals surface area contributed by atoms with Gasteiger partial charge in [-0.05, 0) is 30.5 Å². The molecule has 1 unspecified atom stereocenters. The standard InChI is InChI=1S/C24H21N3O3S/c1-13(2)11-18-25-26-24(31-18)27-20(15-7-5-4-6-8-15)19-21(28)16-12-14(3)9-10-17(16)30-22(19)23(27)29/h4-10,12-13,20H,11H2,1-3H3. The van der Waals surface area contributed by atoms with E-state index in [0.29, 0.717) is 27.6 Å². The van der Waals surface area contributed by atoms with Crippen LogP contribution in [0.25, 0.3) is 11.0 Å². The van der Waals surface area contributed by atoms with Crippen molar-refractivity contribution >= 4 is 33.3 Å². The van der Waals surface area contributed by atoms with Crippen LogP contribution in [0.5, 0.6) is 0 Å². The topological polar surface area (TPSA) is 76.3 Å². The molecule has 0 bridgehead atoms. The Morgan fingerprint density at radius 1 is 1.10 bits per heavy atom. The molecule has 1 atom stereocenters. The smallest absolute Gasteiger partial charge is 0.297 e. The van der Waals surface area contributed by atoms with Gasteiger partial charge in [-0.25, -0.2) is 0 Å². The third kappa shape index (κ3) is 3.25. The van der Waals surface area contributed by atoms with Gasteiger partial charge in [0, 0.05) is 6.42 Å². The minimum Gasteiger partial charge on any atom is -0.450 e. The Balaban J connectivity index is 1.74. The first-order valence-electron chi connectivity index (χ1n) is 10.2. The highest BCUT2D eigenvalue weighted by Gasteiger charge is 2.45. The van der Waals surface area contributed by atoms with Crippen LogP contribution in [0.15, 0.2) is 57.7 Å². The van der Waals surface area contributed by atoms with Crippen molar-refractivity contribution in [3.8, 4) is 0 Å². The van der Waals surface area contributed by atoms with E-state index in [4.69, 9.17) is 4.42 Å². The third-order valence-electron chi connectivity index (χ3n) is 5.39. The number of rotatable bonds is 4. The summed E-state index contributed by atoms with van der Waals surface area (Å²) in [5.74, 6) is 0.139. The average Bonchev–Trinajstić information content (AvgIpc) is 3.31. The fourth-order valence-electron chi connectivity index (χ4n) is 4.01. The second-order valence-corrected chi connectivity index (χ2v) is 9.28. The van der Waals surface area contributed by atoms with Crippen molar-refractivity contribution in [2.45, 2.75) is 33.2 Å². The maximum Gasteiger partial charge on any atom is 0.297 e. The van der Waals surface area contributed by atoms with E-state index in [1.54, 1.807) is 11.0 Å². The molecule has 4 aromatic rings. The Bertz CT molecular complexity index is 1360. The third-order valence-corrected chi connectivity index (χ3v) is 6.33. The lowest BCUT2D eigenvalue weighted by molar-refractivity contribution is 0.0970. The highest BCUT2D eigenvalue weighted by molar-refractivity contribution is 7.15. The van der Waals surface area contributed by atoms with Gasteiger partial charge in [-0.3, -0.25) is 14.5 Å². The summed E-state index contributed by atoms with van der Waals surface area (Å²) in [5, 5.41) is 10.4. The molecule has 1 aliphatic rings. The summed E-state index contributed by atoms with van der Waals surface area (Å²) in [6.07, 6.45) is 0.781. The van der Waals surface area contributed by atoms with Crippen LogP contribution in [0.3, 0.4) is 0 Å². The second kappa shape index (κ2) is 7.42. The number of benzene rings is 2. The summed E-state index contributed by atoms with van der Waals surface area (Å²) in [5.41, 5.74) is 2.37. The first-order valence-corrected chi connectivity index (χ1v) is 11.0. The number of anilines is 1. The Morgan fingerprint density at radius 2 is 1.87 bits per heavy atom. The maximum atomic E-state index is 13.6. The van der Waals surface area contributed by atoms with Gasteiger partial charge in [0.1, 0.15) is 10.6 Å². The summed E-state index contributed by atoms with van der Waals surface area (Å²) < 4.78 is 5.99. The van der Waals surface area contributed by atoms with Crippen LogP contribution < -0.4 is 10.3 Å². The number of fused-ring (bicyclic) bond motifs is 2. The number of aryl methyl sites for hydroxylation is 1. The molecule has 0 saturated heterocycles. The monoisotopic (exact) mass is 431 g/mol. The Morgan fingerprint density at radius 3 is 2.61 bits per heavy atom. The maximum absolute atomic E-state index is 13.6. The molecule has 5 rings (SSSR count). The van der Waals surface area contributed by atoms with Crippen molar-refractivity contribution in [3.05, 3.63) is 86.2 Å². The number of nitrogens with zero attached hydrogens (tertiary/aromatic N) is 3. The van der Waals surface area contributed by atoms with E-state index < -0.39 is 6.04 Å². The SMILES string of the molecule is Cc1ccc2oc3c(c(=O)c2c1)C(c1ccccc1)N(c1nnc(CC(C)C)s1)C3=O. The van der Waals surface area contributed by atoms with Gasteiger partial charge in [0.2, 0.25) is 10.9 Å². The molecule has 0 radical (unpaired) electrons. The van der Waals surface area contributed by atoms with Gasteiger partial charge in [0.15, 0.2) is 5.43 Å². The molecule has 6 nitrogen and oxygen atoms in total. The van der Waals surface area contributed by atoms with Crippen LogP contribution >= 0.6 is 11.3 Å². The fraction of sp³-hybridized carbons (Fsp3) is 0.250. The summed E-state index contributed by atoms with van der Waals surface area (Å²) in [6, 6.07) is 14.3. The fourth-order valence-corrected chi connectivity index (χ4v) is 5.09. The zero-order valence-electron chi connectivity index (χ0n) is 17.5. The van der Waals surface area contributed by atoms with E-state index in [9.17, 15) is 9.59 Å². The van der Waals surface area contributed by atoms with Crippen LogP contribution in [0.4, 0.5) is 5.13 Å². The Hall–Kier alpha value is -3.32. The summed E-state index contributed by atoms with van der Waals surface area (Å²) in [6.45, 7) is 6.15. The van der Waals surface area contributed by atoms with Crippen LogP contribution in [-0.2, 0) is 6.42 Å². The number of aromatic nitrogens is 2. The molecule has 7 heteroatoms. The van der Waals surface area contributed by atoms with Crippen molar-refractivity contribution < 1.29 is 9.21 Å². The Kier molecular flexibility index (Phi) is 4.70. The lowest BCUT2D eigenvalue weighted by atomic mass is 9.98. The average molecular weight is 432 g/mol. The molecule has 0 fully saturated rings. The predicted octanol–water partition coefficient (Wildman–Crippen LogP) is 4.90. The van der Waals surface area contributed by atoms with E-state index in [0.717, 1.165) is 22.6 Å². The van der Waals surface area contributed by atoms with E-state index >= 15 is 0 Å². The van der Waals surface area contributed by atoms with E-state index in [1.165, 1.54) is 11.3 Å². The first-order chi connectivity index (χ1) is 14.9. The quantitative estimate of drug-likeness (QED) is 0.459. The second-order valence-electron chi connectivity index (χ2n) is 8.24. The van der Waals surface area contributed by atoms with E-state index in [1.807, 2.05) is 49.4 Å². The number of carbonyl (C=O) groups excluding carboxylic acids is 1. The number of carbonyl (C=O) groups is 1. The lowest BCUT2D eigenvalue weighted by Crippen LogP contribution is -2.29. The van der Waals surface area contributed by atoms with Crippen molar-refractivity contribution in [1.29, 1.82) is 0 Å². The van der Waals surface area contributed by atoms with Crippen LogP contribution in [0, 0.1) is 12.8 Å². The molecule has 0 saturated carbocycles. The minimum absolute atomic E-state index is 0.0795. The number of hydrogen-bond donors (Lipinski definition) is 0. The van der Waals surface area contributed by atoms with Crippen molar-refractivity contribution in [1.82, 2.24) is 10.2 Å². The highest BCUT2D eigenvalue weighted by Crippen LogP contribution is 2.42. The summed E-state index contributed by atoms with van der Waals surface area (Å²) in [7, 11) is 0. The van der Waals surface area contributed by atoms with E-state index in [2.05, 4.69) is 24.0 Å². The minimum atomic E-state index is -0.607. The molecular formula is C24H21N3O3S. The van der Waals surface area contributed by atoms with Gasteiger partial charge >= 0.3 is 0 Å². The molecule has 1 amide bonds. The zero-order chi connectivity index (χ0) is 21.7. The predicted molar refractivity (Wildman–Crippen MR) is 121 cm³/mol. The van der Waals surface area contributed by atoms with Gasteiger partial charge in [0.25, 0.3) is 5.91 Å². The summed E-state index contributed by atoms with van der Waals surface area (Å²) >= 11 is 1.38. The molecule has 0 N–H and O–H groups in total. The van der Waals surface area contributed by atoms with Crippen molar-refractivity contribution in [2.24, 2.45) is 5.92 Å². The van der Waals surface area contributed by atoms with Crippen LogP contribution in [0.2, 0.25) is 0 Å². The lowest BCUT2D eigenvalue weighted by Gasteiger charge is -2.21. The molecule has 156 valence electrons. The van der Waals surface area contributed by atoms with Gasteiger partial charge in [-0.15, -0.1) is 10.2 Å². The normalized spacial score (nSPS) is 15.8. The van der Waals surface area contributed by atoms with Gasteiger partial charge < -0.3 is 4.42 Å². The largest absolute Gasteiger partial charge is 0.450 e. The molecule has 3 heterocycles. The van der Waals surface area contributed by atoms with Crippen molar-refractivity contribution in [3.63, 3.8) is 0 Å². The number of hydrogen-bond acceptors (Lipinski definition) is 6. The molecule has 2 aromatic carbocycles. The molecule has 2 aromatic heterocycles. The molecular weight excluding hydrogens is 410 g/mol. The summed E-state index contributed by atoms with van der Waals surface area (Å²) in [4.78, 5) is 28.6. The van der Waals surface area contributed by atoms with Gasteiger partial charge in [-0.2, -0.15) is 0 Å². The van der Waals surface area contributed by atoms with Crippen LogP contribution in [-0.4, -0.2) is 16.1 Å². The Labute approximate surface area is 183 Å². The van der Waals surface area contributed by atoms with Crippen molar-refractivity contribution in [2.75, 3.05) is 4.90 Å². The first kappa shape index (κ1) is 19.6. The molecule has 0 spiro atoms. The number of amides is 1. The zero-order valence-corrected chi connectivity index (χ0v) is 18.3. The highest BCUT2D eigenvalue weighted by atomic mass is 32.1. The van der Waals surface area contributed by atoms with Gasteiger partial charge in [-0.1, -0.05) is 67.1 Å². The van der Waals surface area contributed by atoms with Crippen LogP contribution in [0.1, 0.15) is 52.1 Å². The van der Waals surface area contributed by atoms with Gasteiger partial charge in [0.05, 0.1) is 17.0 Å². The molecule has 1 aliphatic heterocycles. The molecule has 31 heavy (non-hydrogen) atoms. The molecule has 0 aliphatic carbocycles. The van der Waals surface area contributed by atoms with E-state index in [-0.39, 0.29) is 17.1 Å².